The topological polar surface area (TPSA) is 76.2 Å². The van der Waals surface area contributed by atoms with Crippen molar-refractivity contribution in [3.8, 4) is 0 Å². The number of H-pyrrole nitrogens is 1. The van der Waals surface area contributed by atoms with Gasteiger partial charge in [-0.15, -0.1) is 5.10 Å². The molecule has 3 N–H and O–H groups in total. The number of aromatic nitrogens is 3. The first kappa shape index (κ1) is 5.96. The van der Waals surface area contributed by atoms with Crippen molar-refractivity contribution >= 4 is 11.6 Å². The molecule has 56 valence electrons. The lowest BCUT2D eigenvalue weighted by Gasteiger charge is -1.89. The summed E-state index contributed by atoms with van der Waals surface area (Å²) in [6.45, 7) is 0. The molecule has 5 nitrogen and oxygen atoms in total. The second-order valence-corrected chi connectivity index (χ2v) is 2.17. The minimum atomic E-state index is -0.172. The Bertz CT molecular complexity index is 441. The van der Waals surface area contributed by atoms with E-state index in [1.807, 2.05) is 0 Å². The zero-order valence-corrected chi connectivity index (χ0v) is 5.61. The van der Waals surface area contributed by atoms with Crippen LogP contribution < -0.4 is 11.3 Å². The summed E-state index contributed by atoms with van der Waals surface area (Å²) in [6, 6.07) is 4.80. The van der Waals surface area contributed by atoms with Gasteiger partial charge in [0.25, 0.3) is 5.56 Å². The number of nitrogen functional groups attached to an aromatic ring is 1. The molecule has 2 rings (SSSR count). The summed E-state index contributed by atoms with van der Waals surface area (Å²) >= 11 is 0. The molecule has 0 aliphatic heterocycles. The maximum Gasteiger partial charge on any atom is 0.259 e. The fraction of sp³-hybridized carbons (Fsp3) is 0. The van der Waals surface area contributed by atoms with Crippen LogP contribution in [0.4, 0.5) is 5.95 Å². The minimum absolute atomic E-state index is 0.172. The second-order valence-electron chi connectivity index (χ2n) is 2.17. The highest BCUT2D eigenvalue weighted by atomic mass is 16.1. The van der Waals surface area contributed by atoms with Gasteiger partial charge in [0.2, 0.25) is 5.95 Å². The zero-order valence-electron chi connectivity index (χ0n) is 5.61. The second kappa shape index (κ2) is 1.85. The van der Waals surface area contributed by atoms with Crippen molar-refractivity contribution in [2.24, 2.45) is 0 Å². The summed E-state index contributed by atoms with van der Waals surface area (Å²) in [6.07, 6.45) is 0. The fourth-order valence-corrected chi connectivity index (χ4v) is 0.977. The predicted molar refractivity (Wildman–Crippen MR) is 40.2 cm³/mol. The molecule has 5 heteroatoms. The summed E-state index contributed by atoms with van der Waals surface area (Å²) < 4.78 is 1.31. The van der Waals surface area contributed by atoms with E-state index in [9.17, 15) is 4.79 Å². The number of anilines is 1. The summed E-state index contributed by atoms with van der Waals surface area (Å²) in [5.74, 6) is 0.186. The monoisotopic (exact) mass is 150 g/mol. The summed E-state index contributed by atoms with van der Waals surface area (Å²) in [5.41, 5.74) is 5.83. The molecule has 11 heavy (non-hydrogen) atoms. The van der Waals surface area contributed by atoms with Gasteiger partial charge in [0.1, 0.15) is 5.65 Å². The van der Waals surface area contributed by atoms with E-state index < -0.39 is 0 Å². The first-order chi connectivity index (χ1) is 5.29. The Morgan fingerprint density at radius 2 is 2.36 bits per heavy atom. The van der Waals surface area contributed by atoms with Crippen LogP contribution >= 0.6 is 0 Å². The van der Waals surface area contributed by atoms with E-state index in [-0.39, 0.29) is 11.5 Å². The SMILES string of the molecule is Nc1n[nH]c2cccc(=O)n12. The summed E-state index contributed by atoms with van der Waals surface area (Å²) in [5, 5.41) is 6.29. The van der Waals surface area contributed by atoms with Gasteiger partial charge < -0.3 is 5.73 Å². The highest BCUT2D eigenvalue weighted by Gasteiger charge is 1.99. The molecule has 0 saturated carbocycles. The Morgan fingerprint density at radius 1 is 1.55 bits per heavy atom. The molecule has 2 heterocycles. The van der Waals surface area contributed by atoms with E-state index in [1.165, 1.54) is 10.5 Å². The van der Waals surface area contributed by atoms with Crippen molar-refractivity contribution in [1.29, 1.82) is 0 Å². The summed E-state index contributed by atoms with van der Waals surface area (Å²) in [4.78, 5) is 11.1. The molecule has 0 fully saturated rings. The van der Waals surface area contributed by atoms with Crippen LogP contribution in [0.15, 0.2) is 23.0 Å². The van der Waals surface area contributed by atoms with Crippen LogP contribution in [0.5, 0.6) is 0 Å². The van der Waals surface area contributed by atoms with Crippen LogP contribution in [0.1, 0.15) is 0 Å². The molecule has 0 aliphatic rings. The third-order valence-electron chi connectivity index (χ3n) is 1.47. The first-order valence-electron chi connectivity index (χ1n) is 3.10. The Labute approximate surface area is 61.5 Å². The van der Waals surface area contributed by atoms with Crippen LogP contribution in [-0.4, -0.2) is 14.6 Å². The molecule has 0 radical (unpaired) electrons. The highest BCUT2D eigenvalue weighted by molar-refractivity contribution is 5.42. The van der Waals surface area contributed by atoms with Gasteiger partial charge in [0.15, 0.2) is 0 Å². The van der Waals surface area contributed by atoms with E-state index in [0.29, 0.717) is 5.65 Å². The van der Waals surface area contributed by atoms with Crippen molar-refractivity contribution in [2.45, 2.75) is 0 Å². The molecular weight excluding hydrogens is 144 g/mol. The summed E-state index contributed by atoms with van der Waals surface area (Å²) in [7, 11) is 0. The standard InChI is InChI=1S/C6H6N4O/c7-6-9-8-4-2-1-3-5(11)10(4)6/h1-3,8H,(H2,7,9). The molecule has 0 aromatic carbocycles. The number of hydrogen-bond acceptors (Lipinski definition) is 3. The van der Waals surface area contributed by atoms with Gasteiger partial charge in [-0.25, -0.2) is 4.40 Å². The van der Waals surface area contributed by atoms with Crippen LogP contribution in [-0.2, 0) is 0 Å². The van der Waals surface area contributed by atoms with Crippen LogP contribution in [0.2, 0.25) is 0 Å². The molecule has 0 spiro atoms. The number of nitrogens with zero attached hydrogens (tertiary/aromatic N) is 2. The van der Waals surface area contributed by atoms with E-state index in [0.717, 1.165) is 0 Å². The van der Waals surface area contributed by atoms with Crippen molar-refractivity contribution in [3.05, 3.63) is 28.6 Å². The maximum atomic E-state index is 11.1. The number of pyridine rings is 1. The number of hydrogen-bond donors (Lipinski definition) is 2. The average Bonchev–Trinajstić information content (AvgIpc) is 2.34. The molecule has 2 aromatic heterocycles. The zero-order chi connectivity index (χ0) is 7.84. The highest BCUT2D eigenvalue weighted by Crippen LogP contribution is 1.98. The van der Waals surface area contributed by atoms with Gasteiger partial charge in [-0.1, -0.05) is 6.07 Å². The van der Waals surface area contributed by atoms with Gasteiger partial charge in [-0.2, -0.15) is 0 Å². The van der Waals surface area contributed by atoms with Gasteiger partial charge in [-0.3, -0.25) is 9.89 Å². The lowest BCUT2D eigenvalue weighted by atomic mass is 10.5. The van der Waals surface area contributed by atoms with Gasteiger partial charge >= 0.3 is 0 Å². The average molecular weight is 150 g/mol. The predicted octanol–water partition coefficient (Wildman–Crippen LogP) is -0.395. The van der Waals surface area contributed by atoms with E-state index in [1.54, 1.807) is 12.1 Å². The van der Waals surface area contributed by atoms with E-state index in [4.69, 9.17) is 5.73 Å². The van der Waals surface area contributed by atoms with E-state index in [2.05, 4.69) is 10.2 Å². The van der Waals surface area contributed by atoms with Gasteiger partial charge in [0.05, 0.1) is 0 Å². The number of rotatable bonds is 0. The Balaban J connectivity index is 3.08. The fourth-order valence-electron chi connectivity index (χ4n) is 0.977. The largest absolute Gasteiger partial charge is 0.368 e. The number of aromatic amines is 1. The number of nitrogens with one attached hydrogen (secondary N) is 1. The van der Waals surface area contributed by atoms with Gasteiger partial charge in [0, 0.05) is 6.07 Å². The Hall–Kier alpha value is -1.78. The van der Waals surface area contributed by atoms with Crippen LogP contribution in [0, 0.1) is 0 Å². The molecular formula is C6H6N4O. The van der Waals surface area contributed by atoms with Crippen LogP contribution in [0.25, 0.3) is 5.65 Å². The van der Waals surface area contributed by atoms with Crippen LogP contribution in [0.3, 0.4) is 0 Å². The molecule has 2 aromatic rings. The molecule has 0 saturated heterocycles. The lowest BCUT2D eigenvalue weighted by molar-refractivity contribution is 1.10. The third kappa shape index (κ3) is 0.706. The molecule has 0 atom stereocenters. The lowest BCUT2D eigenvalue weighted by Crippen LogP contribution is -2.12. The minimum Gasteiger partial charge on any atom is -0.368 e. The quantitative estimate of drug-likeness (QED) is 0.536. The third-order valence-corrected chi connectivity index (χ3v) is 1.47. The van der Waals surface area contributed by atoms with Crippen molar-refractivity contribution in [3.63, 3.8) is 0 Å². The van der Waals surface area contributed by atoms with Crippen molar-refractivity contribution < 1.29 is 0 Å². The van der Waals surface area contributed by atoms with E-state index >= 15 is 0 Å². The van der Waals surface area contributed by atoms with Crippen molar-refractivity contribution in [2.75, 3.05) is 5.73 Å². The van der Waals surface area contributed by atoms with Crippen molar-refractivity contribution in [1.82, 2.24) is 14.6 Å². The Kier molecular flexibility index (Phi) is 1.00. The number of nitrogens with two attached hydrogens (primary N) is 1. The smallest absolute Gasteiger partial charge is 0.259 e. The Morgan fingerprint density at radius 3 is 3.09 bits per heavy atom. The molecule has 0 bridgehead atoms. The maximum absolute atomic E-state index is 11.1. The molecule has 0 amide bonds. The normalized spacial score (nSPS) is 10.5. The molecule has 0 unspecified atom stereocenters. The van der Waals surface area contributed by atoms with Gasteiger partial charge in [-0.05, 0) is 6.07 Å². The molecule has 0 aliphatic carbocycles. The number of fused-ring (bicyclic) bond motifs is 1. The first-order valence-corrected chi connectivity index (χ1v) is 3.10.